The second-order valence-electron chi connectivity index (χ2n) is 7.76. The molecular formula is C21H23F6N3O6S. The number of aryl methyl sites for hydroxylation is 1. The van der Waals surface area contributed by atoms with E-state index in [0.717, 1.165) is 43.2 Å². The molecule has 2 N–H and O–H groups in total. The van der Waals surface area contributed by atoms with Crippen molar-refractivity contribution in [3.05, 3.63) is 40.5 Å². The molecule has 2 aliphatic heterocycles. The van der Waals surface area contributed by atoms with Gasteiger partial charge >= 0.3 is 24.3 Å². The number of ether oxygens (including phenoxy) is 2. The number of carboxylic acid groups (broad SMARTS) is 2. The number of fused-ring (bicyclic) bond motifs is 1. The summed E-state index contributed by atoms with van der Waals surface area (Å²) >= 11 is 1.71. The lowest BCUT2D eigenvalue weighted by atomic mass is 10.0. The van der Waals surface area contributed by atoms with Gasteiger partial charge in [-0.3, -0.25) is 4.90 Å². The normalized spacial score (nSPS) is 21.5. The van der Waals surface area contributed by atoms with Crippen molar-refractivity contribution in [2.75, 3.05) is 13.2 Å². The second kappa shape index (κ2) is 13.0. The van der Waals surface area contributed by atoms with Crippen LogP contribution in [0.5, 0.6) is 5.88 Å². The van der Waals surface area contributed by atoms with Crippen LogP contribution >= 0.6 is 11.3 Å². The number of halogens is 6. The van der Waals surface area contributed by atoms with E-state index in [1.54, 1.807) is 17.5 Å². The Bertz CT molecular complexity index is 996. The first-order valence-electron chi connectivity index (χ1n) is 10.6. The first-order valence-corrected chi connectivity index (χ1v) is 11.5. The Morgan fingerprint density at radius 1 is 1.16 bits per heavy atom. The molecular weight excluding hydrogens is 536 g/mol. The number of carboxylic acids is 2. The van der Waals surface area contributed by atoms with Crippen LogP contribution in [0.4, 0.5) is 26.3 Å². The predicted molar refractivity (Wildman–Crippen MR) is 116 cm³/mol. The fourth-order valence-corrected chi connectivity index (χ4v) is 4.15. The minimum absolute atomic E-state index is 0.0370. The third kappa shape index (κ3) is 9.77. The van der Waals surface area contributed by atoms with Gasteiger partial charge in [-0.25, -0.2) is 19.6 Å². The molecule has 4 heterocycles. The Morgan fingerprint density at radius 3 is 2.27 bits per heavy atom. The van der Waals surface area contributed by atoms with E-state index in [2.05, 4.69) is 27.2 Å². The van der Waals surface area contributed by atoms with Gasteiger partial charge in [-0.2, -0.15) is 26.3 Å². The Balaban J connectivity index is 0.000000286. The maximum absolute atomic E-state index is 10.6. The standard InChI is InChI=1S/C17H21N3O2S.2C2HF3O2/c1-12-19-13(11-23-12)9-20-10-15(17-14(20)5-4-8-21-17)22-16-6-2-3-7-18-16;2*3-2(4,5)1(6)7/h2-3,6-7,11,14-15,17H,4-5,8-10H2,1H3;2*(H,6,7)/t14-,15+,17+;;/m1../s1. The topological polar surface area (TPSA) is 122 Å². The number of carbonyl (C=O) groups is 2. The number of aromatic nitrogens is 2. The number of rotatable bonds is 4. The van der Waals surface area contributed by atoms with Gasteiger partial charge < -0.3 is 19.7 Å². The number of pyridine rings is 1. The molecule has 2 aromatic rings. The van der Waals surface area contributed by atoms with Crippen molar-refractivity contribution in [1.82, 2.24) is 14.9 Å². The average molecular weight is 559 g/mol. The molecule has 0 saturated carbocycles. The molecule has 0 spiro atoms. The Hall–Kier alpha value is -2.98. The van der Waals surface area contributed by atoms with Gasteiger partial charge in [0, 0.05) is 43.4 Å². The van der Waals surface area contributed by atoms with Gasteiger partial charge in [-0.05, 0) is 25.8 Å². The van der Waals surface area contributed by atoms with Gasteiger partial charge in [0.1, 0.15) is 12.2 Å². The van der Waals surface area contributed by atoms with Crippen molar-refractivity contribution >= 4 is 23.3 Å². The van der Waals surface area contributed by atoms with Gasteiger partial charge in [0.15, 0.2) is 0 Å². The zero-order chi connectivity index (χ0) is 27.8. The lowest BCUT2D eigenvalue weighted by Gasteiger charge is -2.31. The Kier molecular flexibility index (Phi) is 10.6. The highest BCUT2D eigenvalue weighted by Gasteiger charge is 2.45. The van der Waals surface area contributed by atoms with Crippen LogP contribution in [0.3, 0.4) is 0 Å². The summed E-state index contributed by atoms with van der Waals surface area (Å²) in [5, 5.41) is 17.5. The smallest absolute Gasteiger partial charge is 0.475 e. The maximum Gasteiger partial charge on any atom is 0.490 e. The number of thiazole rings is 1. The third-order valence-electron chi connectivity index (χ3n) is 5.01. The summed E-state index contributed by atoms with van der Waals surface area (Å²) in [6.45, 7) is 4.62. The maximum atomic E-state index is 10.6. The molecule has 3 atom stereocenters. The minimum atomic E-state index is -5.08. The van der Waals surface area contributed by atoms with E-state index in [-0.39, 0.29) is 12.2 Å². The van der Waals surface area contributed by atoms with Crippen molar-refractivity contribution in [2.24, 2.45) is 0 Å². The lowest BCUT2D eigenvalue weighted by molar-refractivity contribution is -0.193. The van der Waals surface area contributed by atoms with Crippen LogP contribution in [-0.2, 0) is 20.9 Å². The van der Waals surface area contributed by atoms with E-state index in [1.807, 2.05) is 18.2 Å². The molecule has 16 heteroatoms. The molecule has 9 nitrogen and oxygen atoms in total. The van der Waals surface area contributed by atoms with Crippen LogP contribution in [0.1, 0.15) is 23.5 Å². The minimum Gasteiger partial charge on any atom is -0.475 e. The molecule has 0 bridgehead atoms. The molecule has 2 saturated heterocycles. The molecule has 2 aromatic heterocycles. The second-order valence-corrected chi connectivity index (χ2v) is 8.82. The average Bonchev–Trinajstić information content (AvgIpc) is 3.37. The summed E-state index contributed by atoms with van der Waals surface area (Å²) < 4.78 is 75.6. The Morgan fingerprint density at radius 2 is 1.78 bits per heavy atom. The molecule has 2 fully saturated rings. The van der Waals surface area contributed by atoms with Gasteiger partial charge in [-0.15, -0.1) is 11.3 Å². The third-order valence-corrected chi connectivity index (χ3v) is 5.83. The van der Waals surface area contributed by atoms with Crippen LogP contribution in [0.25, 0.3) is 0 Å². The zero-order valence-electron chi connectivity index (χ0n) is 19.2. The van der Waals surface area contributed by atoms with Crippen LogP contribution in [0.2, 0.25) is 0 Å². The SMILES string of the molecule is Cc1nc(CN2C[C@H](Oc3ccccn3)[C@H]3OCCC[C@H]32)cs1.O=C(O)C(F)(F)F.O=C(O)C(F)(F)F. The lowest BCUT2D eigenvalue weighted by Crippen LogP contribution is -2.42. The number of hydrogen-bond donors (Lipinski definition) is 2. The molecule has 0 aliphatic carbocycles. The number of hydrogen-bond acceptors (Lipinski definition) is 8. The molecule has 0 aromatic carbocycles. The summed E-state index contributed by atoms with van der Waals surface area (Å²) in [5.74, 6) is -4.84. The fourth-order valence-electron chi connectivity index (χ4n) is 3.55. The Labute approximate surface area is 210 Å². The largest absolute Gasteiger partial charge is 0.490 e. The molecule has 4 rings (SSSR count). The summed E-state index contributed by atoms with van der Waals surface area (Å²) in [6.07, 6.45) is -5.96. The highest BCUT2D eigenvalue weighted by atomic mass is 32.1. The van der Waals surface area contributed by atoms with Crippen molar-refractivity contribution < 1.29 is 55.6 Å². The summed E-state index contributed by atoms with van der Waals surface area (Å²) in [7, 11) is 0. The van der Waals surface area contributed by atoms with Gasteiger partial charge in [-0.1, -0.05) is 6.07 Å². The van der Waals surface area contributed by atoms with E-state index < -0.39 is 24.3 Å². The molecule has 0 unspecified atom stereocenters. The monoisotopic (exact) mass is 559 g/mol. The number of nitrogens with zero attached hydrogens (tertiary/aromatic N) is 3. The van der Waals surface area contributed by atoms with Crippen LogP contribution in [0.15, 0.2) is 29.8 Å². The van der Waals surface area contributed by atoms with Crippen molar-refractivity contribution in [2.45, 2.75) is 56.9 Å². The number of likely N-dealkylation sites (tertiary alicyclic amines) is 1. The highest BCUT2D eigenvalue weighted by molar-refractivity contribution is 7.09. The van der Waals surface area contributed by atoms with Crippen LogP contribution < -0.4 is 4.74 Å². The summed E-state index contributed by atoms with van der Waals surface area (Å²) in [4.78, 5) is 29.1. The van der Waals surface area contributed by atoms with Crippen molar-refractivity contribution in [1.29, 1.82) is 0 Å². The van der Waals surface area contributed by atoms with E-state index in [4.69, 9.17) is 29.3 Å². The molecule has 0 radical (unpaired) electrons. The number of aliphatic carboxylic acids is 2. The first-order chi connectivity index (χ1) is 17.2. The van der Waals surface area contributed by atoms with E-state index in [1.165, 1.54) is 0 Å². The first kappa shape index (κ1) is 30.2. The van der Waals surface area contributed by atoms with Gasteiger partial charge in [0.2, 0.25) is 5.88 Å². The predicted octanol–water partition coefficient (Wildman–Crippen LogP) is 3.92. The van der Waals surface area contributed by atoms with Crippen molar-refractivity contribution in [3.63, 3.8) is 0 Å². The number of alkyl halides is 6. The van der Waals surface area contributed by atoms with Crippen LogP contribution in [-0.4, -0.2) is 80.8 Å². The summed E-state index contributed by atoms with van der Waals surface area (Å²) in [6, 6.07) is 6.18. The molecule has 2 aliphatic rings. The quantitative estimate of drug-likeness (QED) is 0.537. The van der Waals surface area contributed by atoms with Gasteiger partial charge in [0.05, 0.1) is 10.7 Å². The van der Waals surface area contributed by atoms with Gasteiger partial charge in [0.25, 0.3) is 0 Å². The molecule has 37 heavy (non-hydrogen) atoms. The molecule has 206 valence electrons. The van der Waals surface area contributed by atoms with E-state index in [0.29, 0.717) is 11.9 Å². The fraction of sp³-hybridized carbons (Fsp3) is 0.524. The molecule has 0 amide bonds. The highest BCUT2D eigenvalue weighted by Crippen LogP contribution is 2.32. The van der Waals surface area contributed by atoms with Crippen molar-refractivity contribution in [3.8, 4) is 5.88 Å². The summed E-state index contributed by atoms with van der Waals surface area (Å²) in [5.41, 5.74) is 1.15. The van der Waals surface area contributed by atoms with E-state index >= 15 is 0 Å². The zero-order valence-corrected chi connectivity index (χ0v) is 20.0. The van der Waals surface area contributed by atoms with E-state index in [9.17, 15) is 26.3 Å². The van der Waals surface area contributed by atoms with Crippen LogP contribution in [0, 0.1) is 6.92 Å².